The molecule has 0 unspecified atom stereocenters. The summed E-state index contributed by atoms with van der Waals surface area (Å²) in [5.41, 5.74) is 0.556. The molecule has 8 heteroatoms. The predicted octanol–water partition coefficient (Wildman–Crippen LogP) is 4.94. The molecule has 1 heterocycles. The number of aromatic nitrogens is 3. The molecule has 5 nitrogen and oxygen atoms in total. The Bertz CT molecular complexity index is 773. The fourth-order valence-electron chi connectivity index (χ4n) is 2.88. The van der Waals surface area contributed by atoms with E-state index in [1.165, 1.54) is 42.8 Å². The van der Waals surface area contributed by atoms with Crippen molar-refractivity contribution in [3.63, 3.8) is 0 Å². The van der Waals surface area contributed by atoms with Gasteiger partial charge in [0.05, 0.1) is 17.4 Å². The average molecular weight is 363 g/mol. The van der Waals surface area contributed by atoms with Crippen molar-refractivity contribution in [2.75, 3.05) is 17.2 Å². The minimum Gasteiger partial charge on any atom is -0.368 e. The molecule has 1 aliphatic rings. The number of anilines is 3. The van der Waals surface area contributed by atoms with Gasteiger partial charge in [-0.3, -0.25) is 0 Å². The maximum atomic E-state index is 13.1. The molecule has 3 rings (SSSR count). The van der Waals surface area contributed by atoms with E-state index in [1.54, 1.807) is 0 Å². The van der Waals surface area contributed by atoms with Crippen LogP contribution in [-0.4, -0.2) is 21.7 Å². The average Bonchev–Trinajstić information content (AvgIpc) is 2.63. The third-order valence-electron chi connectivity index (χ3n) is 4.18. The molecule has 2 aromatic rings. The van der Waals surface area contributed by atoms with Gasteiger partial charge in [-0.2, -0.15) is 23.3 Å². The van der Waals surface area contributed by atoms with Crippen LogP contribution in [0.2, 0.25) is 0 Å². The Labute approximate surface area is 149 Å². The van der Waals surface area contributed by atoms with E-state index in [0.717, 1.165) is 25.3 Å². The van der Waals surface area contributed by atoms with Crippen molar-refractivity contribution in [2.45, 2.75) is 38.3 Å². The van der Waals surface area contributed by atoms with Gasteiger partial charge in [-0.05, 0) is 44.2 Å². The molecule has 138 valence electrons. The molecule has 1 aromatic carbocycles. The van der Waals surface area contributed by atoms with Gasteiger partial charge in [-0.15, -0.1) is 5.10 Å². The first-order valence-electron chi connectivity index (χ1n) is 8.57. The van der Waals surface area contributed by atoms with Crippen molar-refractivity contribution < 1.29 is 13.2 Å². The Morgan fingerprint density at radius 2 is 1.96 bits per heavy atom. The fourth-order valence-corrected chi connectivity index (χ4v) is 2.88. The summed E-state index contributed by atoms with van der Waals surface area (Å²) in [6.45, 7) is 0.698. The SMILES string of the molecule is FC(F)(F)c1ccccc1Nc1nncc(NCCC2=CCCCC2)n1. The van der Waals surface area contributed by atoms with Gasteiger partial charge >= 0.3 is 6.18 Å². The molecule has 0 atom stereocenters. The number of benzene rings is 1. The van der Waals surface area contributed by atoms with Gasteiger partial charge < -0.3 is 10.6 Å². The molecule has 0 spiro atoms. The standard InChI is InChI=1S/C18H20F3N5/c19-18(20,21)14-8-4-5-9-15(14)24-17-25-16(12-23-26-17)22-11-10-13-6-2-1-3-7-13/h4-6,8-9,12H,1-3,7,10-11H2,(H2,22,24,25,26). The number of para-hydroxylation sites is 1. The first-order chi connectivity index (χ1) is 12.5. The van der Waals surface area contributed by atoms with Gasteiger partial charge in [-0.25, -0.2) is 0 Å². The van der Waals surface area contributed by atoms with Crippen LogP contribution in [0.3, 0.4) is 0 Å². The zero-order valence-corrected chi connectivity index (χ0v) is 14.2. The number of rotatable bonds is 6. The van der Waals surface area contributed by atoms with Gasteiger partial charge in [0.1, 0.15) is 0 Å². The van der Waals surface area contributed by atoms with Crippen LogP contribution in [0.5, 0.6) is 0 Å². The molecule has 0 aliphatic heterocycles. The second-order valence-corrected chi connectivity index (χ2v) is 6.12. The summed E-state index contributed by atoms with van der Waals surface area (Å²) in [6, 6.07) is 5.20. The molecule has 1 aliphatic carbocycles. The van der Waals surface area contributed by atoms with E-state index < -0.39 is 11.7 Å². The maximum absolute atomic E-state index is 13.1. The number of nitrogens with zero attached hydrogens (tertiary/aromatic N) is 3. The topological polar surface area (TPSA) is 62.7 Å². The Balaban J connectivity index is 1.64. The van der Waals surface area contributed by atoms with Crippen molar-refractivity contribution in [1.29, 1.82) is 0 Å². The number of nitrogens with one attached hydrogen (secondary N) is 2. The Kier molecular flexibility index (Phi) is 5.70. The molecule has 0 fully saturated rings. The van der Waals surface area contributed by atoms with E-state index in [1.807, 2.05) is 0 Å². The molecule has 0 saturated carbocycles. The number of alkyl halides is 3. The van der Waals surface area contributed by atoms with Crippen molar-refractivity contribution in [2.24, 2.45) is 0 Å². The lowest BCUT2D eigenvalue weighted by Crippen LogP contribution is -2.11. The van der Waals surface area contributed by atoms with Gasteiger partial charge in [0.15, 0.2) is 5.82 Å². The molecular formula is C18H20F3N5. The lowest BCUT2D eigenvalue weighted by molar-refractivity contribution is -0.136. The summed E-state index contributed by atoms with van der Waals surface area (Å²) in [4.78, 5) is 4.19. The van der Waals surface area contributed by atoms with E-state index in [0.29, 0.717) is 12.4 Å². The second-order valence-electron chi connectivity index (χ2n) is 6.12. The minimum atomic E-state index is -4.46. The van der Waals surface area contributed by atoms with Gasteiger partial charge in [0.25, 0.3) is 0 Å². The summed E-state index contributed by atoms with van der Waals surface area (Å²) in [7, 11) is 0. The van der Waals surface area contributed by atoms with Crippen LogP contribution in [0.1, 0.15) is 37.7 Å². The van der Waals surface area contributed by atoms with E-state index in [9.17, 15) is 13.2 Å². The minimum absolute atomic E-state index is 0.0172. The number of halogens is 3. The summed E-state index contributed by atoms with van der Waals surface area (Å²) in [5, 5.41) is 13.3. The van der Waals surface area contributed by atoms with Gasteiger partial charge in [-0.1, -0.05) is 23.8 Å². The van der Waals surface area contributed by atoms with Crippen LogP contribution >= 0.6 is 0 Å². The fraction of sp³-hybridized carbons (Fsp3) is 0.389. The Hall–Kier alpha value is -2.64. The molecule has 0 amide bonds. The second kappa shape index (κ2) is 8.16. The highest BCUT2D eigenvalue weighted by Crippen LogP contribution is 2.35. The lowest BCUT2D eigenvalue weighted by Gasteiger charge is -2.14. The van der Waals surface area contributed by atoms with Crippen LogP contribution < -0.4 is 10.6 Å². The monoisotopic (exact) mass is 363 g/mol. The van der Waals surface area contributed by atoms with E-state index in [-0.39, 0.29) is 11.6 Å². The largest absolute Gasteiger partial charge is 0.418 e. The molecular weight excluding hydrogens is 343 g/mol. The van der Waals surface area contributed by atoms with Gasteiger partial charge in [0.2, 0.25) is 5.95 Å². The van der Waals surface area contributed by atoms with Crippen LogP contribution in [0.4, 0.5) is 30.6 Å². The Morgan fingerprint density at radius 1 is 1.12 bits per heavy atom. The molecule has 0 bridgehead atoms. The van der Waals surface area contributed by atoms with Crippen LogP contribution in [0.25, 0.3) is 0 Å². The van der Waals surface area contributed by atoms with Gasteiger partial charge in [0, 0.05) is 6.54 Å². The molecule has 1 aromatic heterocycles. The number of hydrogen-bond donors (Lipinski definition) is 2. The van der Waals surface area contributed by atoms with Crippen LogP contribution in [0, 0.1) is 0 Å². The highest BCUT2D eigenvalue weighted by molar-refractivity contribution is 5.59. The molecule has 0 saturated heterocycles. The highest BCUT2D eigenvalue weighted by Gasteiger charge is 2.33. The number of hydrogen-bond acceptors (Lipinski definition) is 5. The zero-order valence-electron chi connectivity index (χ0n) is 14.2. The van der Waals surface area contributed by atoms with E-state index in [4.69, 9.17) is 0 Å². The zero-order chi connectivity index (χ0) is 18.4. The van der Waals surface area contributed by atoms with Crippen LogP contribution in [-0.2, 0) is 6.18 Å². The van der Waals surface area contributed by atoms with Crippen molar-refractivity contribution >= 4 is 17.5 Å². The molecule has 0 radical (unpaired) electrons. The third kappa shape index (κ3) is 4.93. The highest BCUT2D eigenvalue weighted by atomic mass is 19.4. The number of allylic oxidation sites excluding steroid dienone is 1. The Morgan fingerprint density at radius 3 is 2.73 bits per heavy atom. The summed E-state index contributed by atoms with van der Waals surface area (Å²) >= 11 is 0. The molecule has 26 heavy (non-hydrogen) atoms. The molecule has 2 N–H and O–H groups in total. The van der Waals surface area contributed by atoms with Crippen molar-refractivity contribution in [3.05, 3.63) is 47.7 Å². The van der Waals surface area contributed by atoms with E-state index in [2.05, 4.69) is 31.9 Å². The smallest absolute Gasteiger partial charge is 0.368 e. The summed E-state index contributed by atoms with van der Waals surface area (Å²) in [5.74, 6) is 0.493. The quantitative estimate of drug-likeness (QED) is 0.712. The van der Waals surface area contributed by atoms with Crippen LogP contribution in [0.15, 0.2) is 42.1 Å². The summed E-state index contributed by atoms with van der Waals surface area (Å²) < 4.78 is 39.2. The summed E-state index contributed by atoms with van der Waals surface area (Å²) in [6.07, 6.45) is 4.95. The maximum Gasteiger partial charge on any atom is 0.418 e. The predicted molar refractivity (Wildman–Crippen MR) is 94.2 cm³/mol. The van der Waals surface area contributed by atoms with Crippen molar-refractivity contribution in [3.8, 4) is 0 Å². The van der Waals surface area contributed by atoms with Crippen molar-refractivity contribution in [1.82, 2.24) is 15.2 Å². The lowest BCUT2D eigenvalue weighted by atomic mass is 9.97. The first-order valence-corrected chi connectivity index (χ1v) is 8.57. The normalized spacial score (nSPS) is 14.7. The first kappa shape index (κ1) is 18.2. The third-order valence-corrected chi connectivity index (χ3v) is 4.18. The van der Waals surface area contributed by atoms with E-state index >= 15 is 0 Å².